The predicted molar refractivity (Wildman–Crippen MR) is 36.6 cm³/mol. The predicted octanol–water partition coefficient (Wildman–Crippen LogP) is 2.24. The first kappa shape index (κ1) is 8.33. The van der Waals surface area contributed by atoms with Crippen LogP contribution >= 0.6 is 11.6 Å². The van der Waals surface area contributed by atoms with Crippen LogP contribution in [0.4, 0.5) is 8.78 Å². The van der Waals surface area contributed by atoms with Crippen LogP contribution in [0.15, 0.2) is 12.3 Å². The molecule has 0 saturated heterocycles. The minimum atomic E-state index is -2.95. The van der Waals surface area contributed by atoms with Crippen LogP contribution in [0.25, 0.3) is 0 Å². The van der Waals surface area contributed by atoms with E-state index >= 15 is 0 Å². The molecule has 5 heteroatoms. The largest absolute Gasteiger partial charge is 0.287 e. The third kappa shape index (κ3) is 2.08. The first-order valence-corrected chi connectivity index (χ1v) is 3.25. The van der Waals surface area contributed by atoms with Gasteiger partial charge in [-0.05, 0) is 17.7 Å². The van der Waals surface area contributed by atoms with Gasteiger partial charge < -0.3 is 0 Å². The number of hydrogen-bond acceptors (Lipinski definition) is 2. The maximum Gasteiger partial charge on any atom is 0.287 e. The minimum absolute atomic E-state index is 0.163. The smallest absolute Gasteiger partial charge is 0.226 e. The summed E-state index contributed by atoms with van der Waals surface area (Å²) in [6.45, 7) is 0.756. The number of halogens is 3. The van der Waals surface area contributed by atoms with E-state index in [0.717, 1.165) is 13.0 Å². The molecule has 0 aliphatic carbocycles. The summed E-state index contributed by atoms with van der Waals surface area (Å²) in [6.07, 6.45) is 1.20. The van der Waals surface area contributed by atoms with E-state index in [1.54, 1.807) is 0 Å². The van der Waals surface area contributed by atoms with Gasteiger partial charge in [0.15, 0.2) is 0 Å². The van der Waals surface area contributed by atoms with Crippen molar-refractivity contribution in [2.75, 3.05) is 0 Å². The average molecular weight is 179 g/mol. The second-order valence-electron chi connectivity index (χ2n) is 2.10. The van der Waals surface area contributed by atoms with Gasteiger partial charge >= 0.3 is 0 Å². The van der Waals surface area contributed by atoms with E-state index in [4.69, 9.17) is 11.6 Å². The second-order valence-corrected chi connectivity index (χ2v) is 2.44. The first-order chi connectivity index (χ1) is 5.00. The molecule has 11 heavy (non-hydrogen) atoms. The topological polar surface area (TPSA) is 25.8 Å². The maximum atomic E-state index is 12.5. The monoisotopic (exact) mass is 178 g/mol. The lowest BCUT2D eigenvalue weighted by molar-refractivity contribution is 0.0126. The van der Waals surface area contributed by atoms with Crippen molar-refractivity contribution in [3.8, 4) is 0 Å². The summed E-state index contributed by atoms with van der Waals surface area (Å²) in [5, 5.41) is -0.163. The molecule has 0 bridgehead atoms. The van der Waals surface area contributed by atoms with Gasteiger partial charge in [-0.1, -0.05) is 0 Å². The normalized spacial score (nSPS) is 11.6. The summed E-state index contributed by atoms with van der Waals surface area (Å²) >= 11 is 5.30. The number of alkyl halides is 2. The van der Waals surface area contributed by atoms with Crippen molar-refractivity contribution in [3.05, 3.63) is 23.2 Å². The van der Waals surface area contributed by atoms with Gasteiger partial charge in [-0.2, -0.15) is 8.78 Å². The van der Waals surface area contributed by atoms with Crippen molar-refractivity contribution in [1.29, 1.82) is 0 Å². The summed E-state index contributed by atoms with van der Waals surface area (Å²) < 4.78 is 25.0. The van der Waals surface area contributed by atoms with Crippen molar-refractivity contribution in [3.63, 3.8) is 0 Å². The molecule has 0 amide bonds. The third-order valence-corrected chi connectivity index (χ3v) is 1.26. The van der Waals surface area contributed by atoms with Crippen LogP contribution in [0, 0.1) is 0 Å². The summed E-state index contributed by atoms with van der Waals surface area (Å²) in [6, 6.07) is 1.13. The van der Waals surface area contributed by atoms with Gasteiger partial charge in [0, 0.05) is 13.1 Å². The van der Waals surface area contributed by atoms with Crippen LogP contribution < -0.4 is 0 Å². The Labute approximate surface area is 67.2 Å². The lowest BCUT2D eigenvalue weighted by atomic mass is 10.3. The van der Waals surface area contributed by atoms with E-state index in [0.29, 0.717) is 0 Å². The van der Waals surface area contributed by atoms with Gasteiger partial charge in [0.1, 0.15) is 5.69 Å². The molecular weight excluding hydrogens is 174 g/mol. The fourth-order valence-corrected chi connectivity index (χ4v) is 0.727. The van der Waals surface area contributed by atoms with E-state index in [2.05, 4.69) is 9.97 Å². The summed E-state index contributed by atoms with van der Waals surface area (Å²) in [5.41, 5.74) is -0.363. The Morgan fingerprint density at radius 1 is 1.55 bits per heavy atom. The van der Waals surface area contributed by atoms with E-state index in [1.165, 1.54) is 6.20 Å². The molecular formula is C6H5ClF2N2. The van der Waals surface area contributed by atoms with Crippen LogP contribution in [-0.2, 0) is 5.92 Å². The van der Waals surface area contributed by atoms with Gasteiger partial charge in [-0.3, -0.25) is 0 Å². The molecule has 1 aromatic rings. The van der Waals surface area contributed by atoms with Crippen molar-refractivity contribution >= 4 is 11.6 Å². The molecule has 0 saturated carbocycles. The molecule has 0 unspecified atom stereocenters. The first-order valence-electron chi connectivity index (χ1n) is 2.87. The number of rotatable bonds is 1. The molecule has 0 aliphatic heterocycles. The fourth-order valence-electron chi connectivity index (χ4n) is 0.579. The highest BCUT2D eigenvalue weighted by Gasteiger charge is 2.26. The van der Waals surface area contributed by atoms with Gasteiger partial charge in [-0.15, -0.1) is 0 Å². The molecule has 0 radical (unpaired) electrons. The van der Waals surface area contributed by atoms with Gasteiger partial charge in [-0.25, -0.2) is 9.97 Å². The molecule has 1 aromatic heterocycles. The molecule has 0 aliphatic rings. The quantitative estimate of drug-likeness (QED) is 0.617. The zero-order chi connectivity index (χ0) is 8.48. The van der Waals surface area contributed by atoms with E-state index in [-0.39, 0.29) is 11.0 Å². The molecule has 0 spiro atoms. The molecule has 0 fully saturated rings. The van der Waals surface area contributed by atoms with Crippen molar-refractivity contribution in [1.82, 2.24) is 9.97 Å². The fraction of sp³-hybridized carbons (Fsp3) is 0.333. The van der Waals surface area contributed by atoms with Gasteiger partial charge in [0.05, 0.1) is 0 Å². The Morgan fingerprint density at radius 3 is 2.55 bits per heavy atom. The SMILES string of the molecule is CC(F)(F)c1ccnc(Cl)n1. The molecule has 2 nitrogen and oxygen atoms in total. The van der Waals surface area contributed by atoms with Crippen LogP contribution in [-0.4, -0.2) is 9.97 Å². The van der Waals surface area contributed by atoms with E-state index in [9.17, 15) is 8.78 Å². The summed E-state index contributed by atoms with van der Waals surface area (Å²) in [4.78, 5) is 6.82. The lowest BCUT2D eigenvalue weighted by Crippen LogP contribution is -2.09. The van der Waals surface area contributed by atoms with Crippen molar-refractivity contribution < 1.29 is 8.78 Å². The Balaban J connectivity index is 3.06. The minimum Gasteiger partial charge on any atom is -0.226 e. The van der Waals surface area contributed by atoms with E-state index in [1.807, 2.05) is 0 Å². The standard InChI is InChI=1S/C6H5ClF2N2/c1-6(8,9)4-2-3-10-5(7)11-4/h2-3H,1H3. The van der Waals surface area contributed by atoms with Crippen LogP contribution in [0.1, 0.15) is 12.6 Å². The van der Waals surface area contributed by atoms with Crippen LogP contribution in [0.2, 0.25) is 5.28 Å². The Kier molecular flexibility index (Phi) is 2.04. The highest BCUT2D eigenvalue weighted by molar-refractivity contribution is 6.28. The van der Waals surface area contributed by atoms with Gasteiger partial charge in [0.25, 0.3) is 5.92 Å². The highest BCUT2D eigenvalue weighted by Crippen LogP contribution is 2.24. The maximum absolute atomic E-state index is 12.5. The molecule has 60 valence electrons. The Bertz CT molecular complexity index is 259. The van der Waals surface area contributed by atoms with Gasteiger partial charge in [0.2, 0.25) is 5.28 Å². The average Bonchev–Trinajstić information content (AvgIpc) is 1.86. The Hall–Kier alpha value is -0.770. The lowest BCUT2D eigenvalue weighted by Gasteiger charge is -2.07. The number of nitrogens with zero attached hydrogens (tertiary/aromatic N) is 2. The molecule has 0 N–H and O–H groups in total. The zero-order valence-electron chi connectivity index (χ0n) is 5.68. The molecule has 0 aromatic carbocycles. The third-order valence-electron chi connectivity index (χ3n) is 1.08. The van der Waals surface area contributed by atoms with Crippen LogP contribution in [0.3, 0.4) is 0 Å². The molecule has 0 atom stereocenters. The molecule has 1 heterocycles. The number of aromatic nitrogens is 2. The summed E-state index contributed by atoms with van der Waals surface area (Å²) in [7, 11) is 0. The van der Waals surface area contributed by atoms with Crippen molar-refractivity contribution in [2.45, 2.75) is 12.8 Å². The van der Waals surface area contributed by atoms with E-state index < -0.39 is 5.92 Å². The Morgan fingerprint density at radius 2 is 2.18 bits per heavy atom. The second kappa shape index (κ2) is 2.70. The van der Waals surface area contributed by atoms with Crippen LogP contribution in [0.5, 0.6) is 0 Å². The number of hydrogen-bond donors (Lipinski definition) is 0. The highest BCUT2D eigenvalue weighted by atomic mass is 35.5. The van der Waals surface area contributed by atoms with Crippen molar-refractivity contribution in [2.24, 2.45) is 0 Å². The molecule has 1 rings (SSSR count). The summed E-state index contributed by atoms with van der Waals surface area (Å²) in [5.74, 6) is -2.95. The zero-order valence-corrected chi connectivity index (χ0v) is 6.44.